The number of hydrogen-bond donors (Lipinski definition) is 2. The van der Waals surface area contributed by atoms with E-state index in [1.165, 1.54) is 0 Å². The quantitative estimate of drug-likeness (QED) is 0.685. The fraction of sp³-hybridized carbons (Fsp3) is 0.900. The minimum absolute atomic E-state index is 0.00704. The molecule has 82 valence electrons. The number of ether oxygens (including phenoxy) is 1. The molecule has 1 amide bonds. The molecule has 1 fully saturated rings. The Labute approximate surface area is 85.4 Å². The lowest BCUT2D eigenvalue weighted by Gasteiger charge is -2.23. The monoisotopic (exact) mass is 200 g/mol. The van der Waals surface area contributed by atoms with Crippen LogP contribution in [0.5, 0.6) is 0 Å². The number of piperidine rings is 1. The maximum atomic E-state index is 11.4. The Morgan fingerprint density at radius 3 is 3.00 bits per heavy atom. The van der Waals surface area contributed by atoms with Crippen LogP contribution < -0.4 is 10.6 Å². The van der Waals surface area contributed by atoms with E-state index in [2.05, 4.69) is 10.6 Å². The van der Waals surface area contributed by atoms with Crippen molar-refractivity contribution in [2.75, 3.05) is 19.7 Å². The highest BCUT2D eigenvalue weighted by Crippen LogP contribution is 2.00. The Morgan fingerprint density at radius 1 is 1.64 bits per heavy atom. The average Bonchev–Trinajstić information content (AvgIpc) is 2.16. The normalized spacial score (nSPS) is 22.4. The van der Waals surface area contributed by atoms with E-state index in [0.717, 1.165) is 25.9 Å². The first kappa shape index (κ1) is 11.5. The largest absolute Gasteiger partial charge is 0.369 e. The molecule has 1 aliphatic heterocycles. The summed E-state index contributed by atoms with van der Waals surface area (Å²) in [6, 6.07) is 0.284. The predicted molar refractivity (Wildman–Crippen MR) is 55.1 cm³/mol. The van der Waals surface area contributed by atoms with Crippen molar-refractivity contribution in [1.82, 2.24) is 10.6 Å². The number of hydrogen-bond acceptors (Lipinski definition) is 3. The van der Waals surface area contributed by atoms with Gasteiger partial charge in [0.25, 0.3) is 0 Å². The van der Waals surface area contributed by atoms with E-state index in [4.69, 9.17) is 4.74 Å². The van der Waals surface area contributed by atoms with Gasteiger partial charge >= 0.3 is 0 Å². The highest BCUT2D eigenvalue weighted by atomic mass is 16.5. The van der Waals surface area contributed by atoms with Crippen molar-refractivity contribution in [2.24, 2.45) is 0 Å². The van der Waals surface area contributed by atoms with Crippen molar-refractivity contribution in [3.8, 4) is 0 Å². The molecule has 1 saturated heterocycles. The molecule has 1 rings (SSSR count). The molecule has 4 heteroatoms. The zero-order valence-corrected chi connectivity index (χ0v) is 9.01. The Kier molecular flexibility index (Phi) is 4.90. The summed E-state index contributed by atoms with van der Waals surface area (Å²) in [6.45, 7) is 5.97. The molecule has 14 heavy (non-hydrogen) atoms. The third kappa shape index (κ3) is 4.58. The van der Waals surface area contributed by atoms with Gasteiger partial charge in [0, 0.05) is 12.6 Å². The van der Waals surface area contributed by atoms with Gasteiger partial charge in [0.05, 0.1) is 6.10 Å². The summed E-state index contributed by atoms with van der Waals surface area (Å²) in [5.41, 5.74) is 0. The lowest BCUT2D eigenvalue weighted by atomic mass is 10.1. The molecule has 0 aromatic carbocycles. The van der Waals surface area contributed by atoms with Crippen LogP contribution in [0.2, 0.25) is 0 Å². The third-order valence-electron chi connectivity index (χ3n) is 2.21. The molecule has 4 nitrogen and oxygen atoms in total. The van der Waals surface area contributed by atoms with Crippen LogP contribution in [0, 0.1) is 0 Å². The van der Waals surface area contributed by atoms with Gasteiger partial charge in [-0.1, -0.05) is 0 Å². The molecule has 0 aromatic rings. The number of rotatable bonds is 4. The Bertz CT molecular complexity index is 177. The molecule has 0 aromatic heterocycles. The van der Waals surface area contributed by atoms with E-state index in [9.17, 15) is 4.79 Å². The molecule has 0 aliphatic carbocycles. The van der Waals surface area contributed by atoms with E-state index < -0.39 is 0 Å². The Morgan fingerprint density at radius 2 is 2.43 bits per heavy atom. The van der Waals surface area contributed by atoms with E-state index in [1.807, 2.05) is 13.8 Å². The number of nitrogens with one attached hydrogen (secondary N) is 2. The van der Waals surface area contributed by atoms with Crippen molar-refractivity contribution in [1.29, 1.82) is 0 Å². The molecular weight excluding hydrogens is 180 g/mol. The first-order chi connectivity index (χ1) is 6.68. The van der Waals surface area contributed by atoms with Gasteiger partial charge in [-0.3, -0.25) is 4.79 Å². The van der Waals surface area contributed by atoms with Gasteiger partial charge in [0.2, 0.25) is 5.91 Å². The molecule has 2 N–H and O–H groups in total. The third-order valence-corrected chi connectivity index (χ3v) is 2.21. The second-order valence-electron chi connectivity index (χ2n) is 3.97. The van der Waals surface area contributed by atoms with E-state index in [0.29, 0.717) is 0 Å². The van der Waals surface area contributed by atoms with Crippen molar-refractivity contribution in [3.05, 3.63) is 0 Å². The molecular formula is C10H20N2O2. The summed E-state index contributed by atoms with van der Waals surface area (Å²) < 4.78 is 5.21. The fourth-order valence-corrected chi connectivity index (χ4v) is 1.49. The summed E-state index contributed by atoms with van der Waals surface area (Å²) in [5.74, 6) is -0.00704. The zero-order chi connectivity index (χ0) is 10.4. The molecule has 1 aliphatic rings. The van der Waals surface area contributed by atoms with Crippen LogP contribution in [0.3, 0.4) is 0 Å². The molecule has 0 spiro atoms. The highest BCUT2D eigenvalue weighted by molar-refractivity contribution is 5.77. The summed E-state index contributed by atoms with van der Waals surface area (Å²) in [5, 5.41) is 6.20. The number of carbonyl (C=O) groups excluding carboxylic acids is 1. The molecule has 0 saturated carbocycles. The standard InChI is InChI=1S/C10H20N2O2/c1-8(2)14-7-10(13)12-9-4-3-5-11-6-9/h8-9,11H,3-7H2,1-2H3,(H,12,13)/t9-/m1/s1. The van der Waals surface area contributed by atoms with Crippen molar-refractivity contribution in [3.63, 3.8) is 0 Å². The SMILES string of the molecule is CC(C)OCC(=O)N[C@@H]1CCCNC1. The molecule has 0 radical (unpaired) electrons. The summed E-state index contributed by atoms with van der Waals surface area (Å²) >= 11 is 0. The van der Waals surface area contributed by atoms with Crippen LogP contribution in [0.15, 0.2) is 0 Å². The van der Waals surface area contributed by atoms with Crippen LogP contribution in [0.4, 0.5) is 0 Å². The summed E-state index contributed by atoms with van der Waals surface area (Å²) in [7, 11) is 0. The van der Waals surface area contributed by atoms with Crippen LogP contribution in [-0.2, 0) is 9.53 Å². The van der Waals surface area contributed by atoms with E-state index >= 15 is 0 Å². The Hall–Kier alpha value is -0.610. The van der Waals surface area contributed by atoms with Crippen LogP contribution >= 0.6 is 0 Å². The van der Waals surface area contributed by atoms with Crippen LogP contribution in [0.1, 0.15) is 26.7 Å². The second kappa shape index (κ2) is 5.98. The smallest absolute Gasteiger partial charge is 0.246 e. The van der Waals surface area contributed by atoms with Gasteiger partial charge in [0.1, 0.15) is 6.61 Å². The second-order valence-corrected chi connectivity index (χ2v) is 3.97. The first-order valence-corrected chi connectivity index (χ1v) is 5.30. The van der Waals surface area contributed by atoms with Gasteiger partial charge in [-0.15, -0.1) is 0 Å². The van der Waals surface area contributed by atoms with Gasteiger partial charge in [-0.25, -0.2) is 0 Å². The minimum Gasteiger partial charge on any atom is -0.369 e. The van der Waals surface area contributed by atoms with Gasteiger partial charge in [0.15, 0.2) is 0 Å². The molecule has 0 unspecified atom stereocenters. The topological polar surface area (TPSA) is 50.4 Å². The maximum absolute atomic E-state index is 11.4. The van der Waals surface area contributed by atoms with E-state index in [-0.39, 0.29) is 24.7 Å². The molecule has 1 heterocycles. The summed E-state index contributed by atoms with van der Waals surface area (Å²) in [4.78, 5) is 11.4. The average molecular weight is 200 g/mol. The Balaban J connectivity index is 2.12. The van der Waals surface area contributed by atoms with Crippen LogP contribution in [-0.4, -0.2) is 37.7 Å². The van der Waals surface area contributed by atoms with Crippen molar-refractivity contribution < 1.29 is 9.53 Å². The summed E-state index contributed by atoms with van der Waals surface area (Å²) in [6.07, 6.45) is 2.32. The van der Waals surface area contributed by atoms with Gasteiger partial charge < -0.3 is 15.4 Å². The van der Waals surface area contributed by atoms with Gasteiger partial charge in [-0.05, 0) is 33.2 Å². The van der Waals surface area contributed by atoms with Crippen molar-refractivity contribution in [2.45, 2.75) is 38.8 Å². The predicted octanol–water partition coefficient (Wildman–Crippen LogP) is 0.280. The van der Waals surface area contributed by atoms with Gasteiger partial charge in [-0.2, -0.15) is 0 Å². The van der Waals surface area contributed by atoms with E-state index in [1.54, 1.807) is 0 Å². The highest BCUT2D eigenvalue weighted by Gasteiger charge is 2.15. The zero-order valence-electron chi connectivity index (χ0n) is 9.01. The number of carbonyl (C=O) groups is 1. The molecule has 1 atom stereocenters. The lowest BCUT2D eigenvalue weighted by Crippen LogP contribution is -2.46. The lowest BCUT2D eigenvalue weighted by molar-refractivity contribution is -0.127. The maximum Gasteiger partial charge on any atom is 0.246 e. The number of amides is 1. The van der Waals surface area contributed by atoms with Crippen molar-refractivity contribution >= 4 is 5.91 Å². The van der Waals surface area contributed by atoms with Crippen LogP contribution in [0.25, 0.3) is 0 Å². The molecule has 0 bridgehead atoms. The first-order valence-electron chi connectivity index (χ1n) is 5.30. The minimum atomic E-state index is -0.00704. The fourth-order valence-electron chi connectivity index (χ4n) is 1.49.